The number of unbranched alkanes of at least 4 members (excludes halogenated alkanes) is 4. The minimum atomic E-state index is -0.322. The zero-order valence-corrected chi connectivity index (χ0v) is 62.8. The maximum absolute atomic E-state index is 14.5. The van der Waals surface area contributed by atoms with Gasteiger partial charge in [-0.15, -0.1) is 67.9 Å². The number of aromatic amines is 1. The second-order valence-electron chi connectivity index (χ2n) is 24.0. The van der Waals surface area contributed by atoms with E-state index in [0.717, 1.165) is 62.9 Å². The maximum Gasteiger partial charge on any atom is 0.248 e. The average Bonchev–Trinajstić information content (AvgIpc) is 1.55. The molecule has 5 heterocycles. The van der Waals surface area contributed by atoms with Crippen LogP contribution in [-0.4, -0.2) is 145 Å². The van der Waals surface area contributed by atoms with E-state index in [-0.39, 0.29) is 91.6 Å². The highest BCUT2D eigenvalue weighted by atomic mass is 79.9. The topological polar surface area (TPSA) is 176 Å². The summed E-state index contributed by atoms with van der Waals surface area (Å²) in [4.78, 5) is 80.6. The molecule has 0 saturated carbocycles. The fourth-order valence-electron chi connectivity index (χ4n) is 11.1. The second-order valence-corrected chi connectivity index (χ2v) is 24.0. The molecule has 20 heteroatoms. The summed E-state index contributed by atoms with van der Waals surface area (Å²) < 4.78 is 2.13. The number of hydrogen-bond donors (Lipinski definition) is 5. The van der Waals surface area contributed by atoms with Crippen LogP contribution in [0.25, 0.3) is 85.4 Å². The SMILES string of the molecule is Br.Br.Br.Br.CN(C)CCCC=CC(=O)Nc1ccccc1-c1c(-c2ccccc2NC(=O)C=CCCCN(C)C)c2c(-c3ccccc3NC(=O)C=CCCCN(C)C)c3nc(cc4ccc(cc5nc(cc1n2-c1ccccc1NC(=O)C=CCCCN(C)C)C=C5)[nH]4)C=C3. The average molecular weight is 1560 g/mol. The molecule has 4 amide bonds. The summed E-state index contributed by atoms with van der Waals surface area (Å²) in [7, 11) is 16.3. The van der Waals surface area contributed by atoms with Crippen molar-refractivity contribution in [2.24, 2.45) is 0 Å². The molecule has 2 aliphatic rings. The molecule has 0 fully saturated rings. The van der Waals surface area contributed by atoms with E-state index in [4.69, 9.17) is 9.97 Å². The van der Waals surface area contributed by atoms with Crippen LogP contribution in [0.5, 0.6) is 0 Å². The Morgan fingerprint density at radius 2 is 0.750 bits per heavy atom. The number of amides is 4. The van der Waals surface area contributed by atoms with Gasteiger partial charge >= 0.3 is 0 Å². The molecule has 7 aromatic rings. The third-order valence-corrected chi connectivity index (χ3v) is 15.4. The smallest absolute Gasteiger partial charge is 0.248 e. The predicted molar refractivity (Wildman–Crippen MR) is 424 cm³/mol. The molecule has 0 spiro atoms. The summed E-state index contributed by atoms with van der Waals surface area (Å²) >= 11 is 0. The highest BCUT2D eigenvalue weighted by molar-refractivity contribution is 8.93. The minimum Gasteiger partial charge on any atom is -0.355 e. The van der Waals surface area contributed by atoms with E-state index >= 15 is 0 Å². The van der Waals surface area contributed by atoms with Gasteiger partial charge in [-0.05, 0) is 243 Å². The van der Waals surface area contributed by atoms with Gasteiger partial charge in [-0.1, -0.05) is 91.0 Å². The third kappa shape index (κ3) is 22.3. The van der Waals surface area contributed by atoms with Crippen LogP contribution >= 0.6 is 67.9 Å². The molecule has 9 rings (SSSR count). The van der Waals surface area contributed by atoms with E-state index in [0.29, 0.717) is 121 Å². The molecule has 8 bridgehead atoms. The van der Waals surface area contributed by atoms with E-state index in [1.807, 2.05) is 232 Å². The number of halogens is 4. The van der Waals surface area contributed by atoms with Gasteiger partial charge in [-0.2, -0.15) is 0 Å². The Hall–Kier alpha value is -7.92. The molecule has 16 nitrogen and oxygen atoms in total. The standard InChI is InChI=1S/C76H86N12O4.4BrH/c1-84(2)47-25-9-13-37-69(89)80-62-32-20-17-29-59(62)73-66-46-45-57(79-66)52-56-42-41-54(77-56)51-55-43-44-58(78-55)53-68-74(60-30-18-21-33-63(60)81-70(90)38-14-10-26-48-85(3)4)75(61-31-19-22-34-64(61)82-71(91)39-15-11-27-49-86(5)6)76(73)88(68)67-36-24-23-35-65(67)83-72(92)40-16-12-28-50-87(7)8;;;;/h13-24,29-46,51-53,77H,9-12,25-28,47-50H2,1-8H3,(H,80,89)(H,81,90)(H,82,91)(H,83,92);4*1H. The summed E-state index contributed by atoms with van der Waals surface area (Å²) in [5, 5.41) is 13.2. The van der Waals surface area contributed by atoms with Crippen molar-refractivity contribution >= 4 is 161 Å². The molecule has 4 aromatic carbocycles. The van der Waals surface area contributed by atoms with Gasteiger partial charge < -0.3 is 50.4 Å². The van der Waals surface area contributed by atoms with Crippen molar-refractivity contribution in [3.63, 3.8) is 0 Å². The van der Waals surface area contributed by atoms with Crippen LogP contribution < -0.4 is 21.3 Å². The Bertz CT molecular complexity index is 4160. The largest absolute Gasteiger partial charge is 0.355 e. The van der Waals surface area contributed by atoms with E-state index in [2.05, 4.69) is 50.4 Å². The third-order valence-electron chi connectivity index (χ3n) is 15.4. The van der Waals surface area contributed by atoms with Crippen LogP contribution in [0.2, 0.25) is 0 Å². The number of rotatable bonds is 28. The number of H-pyrrole nitrogens is 1. The first kappa shape index (κ1) is 78.8. The number of carbonyl (C=O) groups is 4. The number of benzene rings is 4. The van der Waals surface area contributed by atoms with Crippen molar-refractivity contribution in [3.8, 4) is 39.1 Å². The summed E-state index contributed by atoms with van der Waals surface area (Å²) in [6, 6.07) is 40.8. The lowest BCUT2D eigenvalue weighted by atomic mass is 9.91. The highest BCUT2D eigenvalue weighted by Crippen LogP contribution is 2.52. The number of nitrogens with zero attached hydrogens (tertiary/aromatic N) is 7. The number of allylic oxidation sites excluding steroid dienone is 4. The van der Waals surface area contributed by atoms with Crippen LogP contribution in [-0.2, 0) is 19.2 Å². The zero-order valence-electron chi connectivity index (χ0n) is 55.9. The molecule has 0 unspecified atom stereocenters. The van der Waals surface area contributed by atoms with Gasteiger partial charge in [-0.3, -0.25) is 19.2 Å². The Morgan fingerprint density at radius 3 is 1.18 bits per heavy atom. The molecule has 0 radical (unpaired) electrons. The number of hydrogen-bond acceptors (Lipinski definition) is 10. The maximum atomic E-state index is 14.5. The number of para-hydroxylation sites is 5. The van der Waals surface area contributed by atoms with Gasteiger partial charge in [0.05, 0.1) is 45.2 Å². The summed E-state index contributed by atoms with van der Waals surface area (Å²) in [5.41, 5.74) is 11.5. The zero-order chi connectivity index (χ0) is 64.9. The molecule has 5 N–H and O–H groups in total. The van der Waals surface area contributed by atoms with Gasteiger partial charge in [0.2, 0.25) is 23.6 Å². The van der Waals surface area contributed by atoms with E-state index in [1.165, 1.54) is 0 Å². The Labute approximate surface area is 607 Å². The first-order valence-corrected chi connectivity index (χ1v) is 31.6. The predicted octanol–water partition coefficient (Wildman–Crippen LogP) is 16.8. The Kier molecular flexibility index (Phi) is 32.3. The van der Waals surface area contributed by atoms with Gasteiger partial charge in [0.1, 0.15) is 0 Å². The molecule has 0 aliphatic carbocycles. The van der Waals surface area contributed by atoms with Crippen molar-refractivity contribution in [1.82, 2.24) is 39.1 Å². The second kappa shape index (κ2) is 39.3. The van der Waals surface area contributed by atoms with Crippen LogP contribution in [0.1, 0.15) is 74.1 Å². The fourth-order valence-corrected chi connectivity index (χ4v) is 11.1. The van der Waals surface area contributed by atoms with Crippen LogP contribution in [0.3, 0.4) is 0 Å². The lowest BCUT2D eigenvalue weighted by Crippen LogP contribution is -2.13. The van der Waals surface area contributed by atoms with Crippen LogP contribution in [0.15, 0.2) is 176 Å². The minimum absolute atomic E-state index is 0. The van der Waals surface area contributed by atoms with Crippen LogP contribution in [0, 0.1) is 0 Å². The van der Waals surface area contributed by atoms with Gasteiger partial charge in [-0.25, -0.2) is 9.97 Å². The van der Waals surface area contributed by atoms with Crippen LogP contribution in [0.4, 0.5) is 22.7 Å². The normalized spacial score (nSPS) is 11.8. The molecule has 0 saturated heterocycles. The van der Waals surface area contributed by atoms with Crippen molar-refractivity contribution in [2.75, 3.05) is 104 Å². The monoisotopic (exact) mass is 1550 g/mol. The van der Waals surface area contributed by atoms with E-state index < -0.39 is 0 Å². The van der Waals surface area contributed by atoms with Crippen molar-refractivity contribution in [1.29, 1.82) is 0 Å². The molecule has 3 aromatic heterocycles. The number of aromatic nitrogens is 4. The number of nitrogens with one attached hydrogen (secondary N) is 5. The van der Waals surface area contributed by atoms with Gasteiger partial charge in [0, 0.05) is 61.5 Å². The lowest BCUT2D eigenvalue weighted by Gasteiger charge is -2.19. The molecular formula is C76H90Br4N12O4. The molecule has 506 valence electrons. The number of fused-ring (bicyclic) bond motifs is 8. The quantitative estimate of drug-likeness (QED) is 0.0234. The number of anilines is 4. The molecule has 2 aliphatic heterocycles. The number of carbonyl (C=O) groups excluding carboxylic acids is 4. The Morgan fingerprint density at radius 1 is 0.406 bits per heavy atom. The van der Waals surface area contributed by atoms with Crippen molar-refractivity contribution in [3.05, 3.63) is 199 Å². The molecular weight excluding hydrogens is 1460 g/mol. The molecule has 0 atom stereocenters. The molecule has 96 heavy (non-hydrogen) atoms. The van der Waals surface area contributed by atoms with Crippen molar-refractivity contribution in [2.45, 2.75) is 51.4 Å². The first-order chi connectivity index (χ1) is 44.6. The summed E-state index contributed by atoms with van der Waals surface area (Å²) in [6.07, 6.45) is 28.2. The summed E-state index contributed by atoms with van der Waals surface area (Å²) in [5.74, 6) is -1.27. The summed E-state index contributed by atoms with van der Waals surface area (Å²) in [6.45, 7) is 3.50. The van der Waals surface area contributed by atoms with Gasteiger partial charge in [0.15, 0.2) is 0 Å². The first-order valence-electron chi connectivity index (χ1n) is 31.6. The Balaban J connectivity index is 0.00000417. The fraction of sp³-hybridized carbons (Fsp3) is 0.263. The highest BCUT2D eigenvalue weighted by Gasteiger charge is 2.30. The van der Waals surface area contributed by atoms with E-state index in [9.17, 15) is 19.2 Å². The van der Waals surface area contributed by atoms with Crippen molar-refractivity contribution < 1.29 is 19.2 Å². The van der Waals surface area contributed by atoms with E-state index in [1.54, 1.807) is 24.3 Å². The van der Waals surface area contributed by atoms with Gasteiger partial charge in [0.25, 0.3) is 0 Å². The lowest BCUT2D eigenvalue weighted by molar-refractivity contribution is -0.112.